The summed E-state index contributed by atoms with van der Waals surface area (Å²) in [5.74, 6) is 0.146. The maximum Gasteiger partial charge on any atom is 0.227 e. The summed E-state index contributed by atoms with van der Waals surface area (Å²) in [6, 6.07) is 3.89. The van der Waals surface area contributed by atoms with E-state index in [0.717, 1.165) is 34.9 Å². The monoisotopic (exact) mass is 360 g/mol. The molecule has 5 nitrogen and oxygen atoms in total. The number of rotatable bonds is 2. The Morgan fingerprint density at radius 3 is 2.92 bits per heavy atom. The number of likely N-dealkylation sites (N-methyl/N-ethyl adjacent to an activating group) is 1. The Labute approximate surface area is 151 Å². The van der Waals surface area contributed by atoms with Crippen LogP contribution in [0.25, 0.3) is 11.0 Å². The molecule has 3 fully saturated rings. The van der Waals surface area contributed by atoms with Gasteiger partial charge in [0.1, 0.15) is 5.58 Å². The maximum absolute atomic E-state index is 12.9. The average Bonchev–Trinajstić information content (AvgIpc) is 2.78. The van der Waals surface area contributed by atoms with E-state index in [1.807, 2.05) is 35.9 Å². The van der Waals surface area contributed by atoms with Gasteiger partial charge in [0.2, 0.25) is 11.8 Å². The van der Waals surface area contributed by atoms with Gasteiger partial charge in [-0.2, -0.15) is 0 Å². The second-order valence-electron chi connectivity index (χ2n) is 7.21. The number of halogens is 1. The molecular weight excluding hydrogens is 340 g/mol. The van der Waals surface area contributed by atoms with Crippen molar-refractivity contribution < 1.29 is 14.0 Å². The predicted molar refractivity (Wildman–Crippen MR) is 95.5 cm³/mol. The van der Waals surface area contributed by atoms with Crippen LogP contribution >= 0.6 is 11.6 Å². The van der Waals surface area contributed by atoms with Gasteiger partial charge in [0, 0.05) is 42.2 Å². The molecule has 0 aliphatic carbocycles. The summed E-state index contributed by atoms with van der Waals surface area (Å²) in [5.41, 5.74) is 2.54. The Balaban J connectivity index is 1.56. The summed E-state index contributed by atoms with van der Waals surface area (Å²) in [6.07, 6.45) is 3.76. The topological polar surface area (TPSA) is 53.8 Å². The molecule has 1 aromatic heterocycles. The Hall–Kier alpha value is -2.01. The molecule has 1 aromatic carbocycles. The van der Waals surface area contributed by atoms with E-state index in [1.165, 1.54) is 0 Å². The van der Waals surface area contributed by atoms with Crippen LogP contribution in [0, 0.1) is 12.8 Å². The van der Waals surface area contributed by atoms with Crippen molar-refractivity contribution >= 4 is 34.4 Å². The fourth-order valence-electron chi connectivity index (χ4n) is 3.97. The van der Waals surface area contributed by atoms with Crippen LogP contribution in [0.2, 0.25) is 5.02 Å². The minimum absolute atomic E-state index is 0.0411. The number of aryl methyl sites for hydroxylation is 1. The highest BCUT2D eigenvalue weighted by atomic mass is 35.5. The average molecular weight is 361 g/mol. The lowest BCUT2D eigenvalue weighted by Gasteiger charge is -2.32. The van der Waals surface area contributed by atoms with Gasteiger partial charge in [-0.3, -0.25) is 9.59 Å². The highest BCUT2D eigenvalue weighted by Crippen LogP contribution is 2.30. The smallest absolute Gasteiger partial charge is 0.227 e. The van der Waals surface area contributed by atoms with Gasteiger partial charge < -0.3 is 14.2 Å². The molecule has 6 heteroatoms. The van der Waals surface area contributed by atoms with Gasteiger partial charge in [0.05, 0.1) is 18.6 Å². The largest absolute Gasteiger partial charge is 0.464 e. The Kier molecular flexibility index (Phi) is 3.99. The minimum Gasteiger partial charge on any atom is -0.464 e. The van der Waals surface area contributed by atoms with Crippen LogP contribution in [-0.2, 0) is 16.0 Å². The molecule has 4 heterocycles. The van der Waals surface area contributed by atoms with E-state index in [2.05, 4.69) is 0 Å². The minimum atomic E-state index is -0.0640. The van der Waals surface area contributed by atoms with Crippen LogP contribution in [0.15, 0.2) is 22.8 Å². The molecule has 2 bridgehead atoms. The van der Waals surface area contributed by atoms with E-state index in [4.69, 9.17) is 16.0 Å². The maximum atomic E-state index is 12.9. The number of nitrogens with zero attached hydrogens (tertiary/aromatic N) is 2. The number of hydrogen-bond donors (Lipinski definition) is 0. The third-order valence-electron chi connectivity index (χ3n) is 5.59. The molecule has 3 aliphatic rings. The summed E-state index contributed by atoms with van der Waals surface area (Å²) in [5, 5.41) is 1.55. The summed E-state index contributed by atoms with van der Waals surface area (Å²) < 4.78 is 5.59. The van der Waals surface area contributed by atoms with Gasteiger partial charge in [-0.05, 0) is 37.5 Å². The van der Waals surface area contributed by atoms with E-state index in [0.29, 0.717) is 18.1 Å². The van der Waals surface area contributed by atoms with Crippen molar-refractivity contribution in [3.05, 3.63) is 34.5 Å². The molecule has 2 amide bonds. The van der Waals surface area contributed by atoms with Crippen LogP contribution in [-0.4, -0.2) is 47.8 Å². The highest BCUT2D eigenvalue weighted by Gasteiger charge is 2.40. The third kappa shape index (κ3) is 2.80. The summed E-state index contributed by atoms with van der Waals surface area (Å²) in [7, 11) is 1.85. The second kappa shape index (κ2) is 6.06. The molecule has 2 atom stereocenters. The molecule has 2 aromatic rings. The van der Waals surface area contributed by atoms with Crippen molar-refractivity contribution in [1.82, 2.24) is 9.80 Å². The Morgan fingerprint density at radius 2 is 2.12 bits per heavy atom. The number of hydrogen-bond acceptors (Lipinski definition) is 3. The number of carbonyl (C=O) groups is 2. The van der Waals surface area contributed by atoms with Crippen molar-refractivity contribution in [2.75, 3.05) is 20.1 Å². The van der Waals surface area contributed by atoms with Crippen molar-refractivity contribution in [2.24, 2.45) is 5.92 Å². The summed E-state index contributed by atoms with van der Waals surface area (Å²) in [6.45, 7) is 3.07. The first-order valence-corrected chi connectivity index (χ1v) is 9.02. The second-order valence-corrected chi connectivity index (χ2v) is 7.62. The number of fused-ring (bicyclic) bond motifs is 5. The molecular formula is C19H21ClN2O3. The van der Waals surface area contributed by atoms with Gasteiger partial charge in [0.25, 0.3) is 0 Å². The van der Waals surface area contributed by atoms with Crippen LogP contribution in [0.1, 0.15) is 24.0 Å². The third-order valence-corrected chi connectivity index (χ3v) is 6.00. The SMILES string of the molecule is Cc1cc2occ(CC(=O)N3C[C@@H]4CC[C@H](C3)N(C)C4=O)c2cc1Cl. The first-order valence-electron chi connectivity index (χ1n) is 8.64. The molecule has 0 radical (unpaired) electrons. The molecule has 3 saturated heterocycles. The van der Waals surface area contributed by atoms with Gasteiger partial charge in [-0.15, -0.1) is 0 Å². The molecule has 0 saturated carbocycles. The van der Waals surface area contributed by atoms with Crippen LogP contribution < -0.4 is 0 Å². The van der Waals surface area contributed by atoms with E-state index < -0.39 is 0 Å². The molecule has 0 N–H and O–H groups in total. The van der Waals surface area contributed by atoms with Crippen molar-refractivity contribution in [3.8, 4) is 0 Å². The quantitative estimate of drug-likeness (QED) is 0.827. The number of amides is 2. The zero-order valence-corrected chi connectivity index (χ0v) is 15.2. The number of piperidine rings is 1. The first kappa shape index (κ1) is 16.5. The van der Waals surface area contributed by atoms with Crippen molar-refractivity contribution in [1.29, 1.82) is 0 Å². The Bertz CT molecular complexity index is 860. The number of benzene rings is 1. The summed E-state index contributed by atoms with van der Waals surface area (Å²) >= 11 is 6.22. The normalized spacial score (nSPS) is 23.4. The van der Waals surface area contributed by atoms with Crippen molar-refractivity contribution in [2.45, 2.75) is 32.2 Å². The van der Waals surface area contributed by atoms with Gasteiger partial charge in [-0.1, -0.05) is 11.6 Å². The van der Waals surface area contributed by atoms with E-state index in [9.17, 15) is 9.59 Å². The number of carbonyl (C=O) groups excluding carboxylic acids is 2. The van der Waals surface area contributed by atoms with E-state index in [-0.39, 0.29) is 30.2 Å². The van der Waals surface area contributed by atoms with Gasteiger partial charge >= 0.3 is 0 Å². The van der Waals surface area contributed by atoms with E-state index in [1.54, 1.807) is 6.26 Å². The van der Waals surface area contributed by atoms with Crippen LogP contribution in [0.3, 0.4) is 0 Å². The fourth-order valence-corrected chi connectivity index (χ4v) is 4.14. The number of furan rings is 1. The molecule has 25 heavy (non-hydrogen) atoms. The first-order chi connectivity index (χ1) is 11.9. The van der Waals surface area contributed by atoms with Gasteiger partial charge in [-0.25, -0.2) is 0 Å². The predicted octanol–water partition coefficient (Wildman–Crippen LogP) is 3.02. The molecule has 5 rings (SSSR count). The molecule has 0 unspecified atom stereocenters. The lowest BCUT2D eigenvalue weighted by atomic mass is 9.95. The summed E-state index contributed by atoms with van der Waals surface area (Å²) in [4.78, 5) is 28.8. The van der Waals surface area contributed by atoms with Crippen molar-refractivity contribution in [3.63, 3.8) is 0 Å². The standard InChI is InChI=1S/C19H21ClN2O3/c1-11-5-17-15(7-16(11)20)13(10-25-17)6-18(23)22-8-12-3-4-14(9-22)21(2)19(12)24/h5,7,10,12,14H,3-4,6,8-9H2,1-2H3/t12-,14+/m0/s1. The highest BCUT2D eigenvalue weighted by molar-refractivity contribution is 6.32. The zero-order valence-electron chi connectivity index (χ0n) is 14.4. The zero-order chi connectivity index (χ0) is 17.7. The van der Waals surface area contributed by atoms with Gasteiger partial charge in [0.15, 0.2) is 0 Å². The fraction of sp³-hybridized carbons (Fsp3) is 0.474. The molecule has 3 aliphatic heterocycles. The Morgan fingerprint density at radius 1 is 1.32 bits per heavy atom. The molecule has 132 valence electrons. The lowest BCUT2D eigenvalue weighted by Crippen LogP contribution is -2.45. The molecule has 0 spiro atoms. The van der Waals surface area contributed by atoms with E-state index >= 15 is 0 Å². The lowest BCUT2D eigenvalue weighted by molar-refractivity contribution is -0.138. The van der Waals surface area contributed by atoms with Crippen LogP contribution in [0.5, 0.6) is 0 Å². The van der Waals surface area contributed by atoms with Crippen LogP contribution in [0.4, 0.5) is 0 Å².